The first-order chi connectivity index (χ1) is 5.79. The van der Waals surface area contributed by atoms with Gasteiger partial charge in [0.25, 0.3) is 0 Å². The lowest BCUT2D eigenvalue weighted by atomic mass is 9.92. The van der Waals surface area contributed by atoms with E-state index in [9.17, 15) is 0 Å². The number of rotatable bonds is 2. The van der Waals surface area contributed by atoms with Crippen LogP contribution in [0.1, 0.15) is 31.2 Å². The van der Waals surface area contributed by atoms with Gasteiger partial charge in [0.15, 0.2) is 0 Å². The van der Waals surface area contributed by atoms with Gasteiger partial charge in [0.05, 0.1) is 0 Å². The molecule has 1 aromatic rings. The van der Waals surface area contributed by atoms with Gasteiger partial charge in [-0.3, -0.25) is 0 Å². The first-order valence-electron chi connectivity index (χ1n) is 4.58. The van der Waals surface area contributed by atoms with E-state index in [0.29, 0.717) is 0 Å². The summed E-state index contributed by atoms with van der Waals surface area (Å²) in [5.41, 5.74) is 7.80. The molecule has 2 heteroatoms. The zero-order valence-electron chi connectivity index (χ0n) is 7.25. The largest absolute Gasteiger partial charge is 0.325 e. The van der Waals surface area contributed by atoms with Crippen LogP contribution in [0.2, 0.25) is 0 Å². The van der Waals surface area contributed by atoms with Gasteiger partial charge >= 0.3 is 0 Å². The maximum atomic E-state index is 6.25. The lowest BCUT2D eigenvalue weighted by molar-refractivity contribution is 0.437. The standard InChI is InChI=1S/C10H15NS/c11-10(4-1-2-5-10)7-9-3-6-12-8-9/h3,6,8H,1-2,4-5,7,11H2. The van der Waals surface area contributed by atoms with Gasteiger partial charge in [-0.2, -0.15) is 11.3 Å². The highest BCUT2D eigenvalue weighted by atomic mass is 32.1. The smallest absolute Gasteiger partial charge is 0.0195 e. The third-order valence-electron chi connectivity index (χ3n) is 2.74. The molecule has 0 unspecified atom stereocenters. The Kier molecular flexibility index (Phi) is 2.20. The van der Waals surface area contributed by atoms with Gasteiger partial charge in [-0.15, -0.1) is 0 Å². The van der Waals surface area contributed by atoms with Gasteiger partial charge in [0, 0.05) is 5.54 Å². The summed E-state index contributed by atoms with van der Waals surface area (Å²) in [6.07, 6.45) is 6.14. The van der Waals surface area contributed by atoms with Crippen LogP contribution in [0.5, 0.6) is 0 Å². The van der Waals surface area contributed by atoms with Crippen molar-refractivity contribution in [3.05, 3.63) is 22.4 Å². The Hall–Kier alpha value is -0.340. The molecule has 0 saturated heterocycles. The molecular weight excluding hydrogens is 166 g/mol. The fourth-order valence-electron chi connectivity index (χ4n) is 2.06. The number of hydrogen-bond donors (Lipinski definition) is 1. The zero-order chi connectivity index (χ0) is 8.44. The van der Waals surface area contributed by atoms with Gasteiger partial charge in [-0.1, -0.05) is 12.8 Å². The molecule has 0 radical (unpaired) electrons. The van der Waals surface area contributed by atoms with Gasteiger partial charge in [0.1, 0.15) is 0 Å². The second-order valence-electron chi connectivity index (χ2n) is 3.88. The van der Waals surface area contributed by atoms with E-state index in [1.54, 1.807) is 11.3 Å². The molecule has 1 saturated carbocycles. The highest BCUT2D eigenvalue weighted by Crippen LogP contribution is 2.30. The summed E-state index contributed by atoms with van der Waals surface area (Å²) in [7, 11) is 0. The quantitative estimate of drug-likeness (QED) is 0.745. The summed E-state index contributed by atoms with van der Waals surface area (Å²) in [6.45, 7) is 0. The van der Waals surface area contributed by atoms with Crippen molar-refractivity contribution < 1.29 is 0 Å². The monoisotopic (exact) mass is 181 g/mol. The third kappa shape index (κ3) is 1.70. The highest BCUT2D eigenvalue weighted by molar-refractivity contribution is 7.07. The van der Waals surface area contributed by atoms with Crippen molar-refractivity contribution >= 4 is 11.3 Å². The number of thiophene rings is 1. The molecule has 1 aromatic heterocycles. The predicted molar refractivity (Wildman–Crippen MR) is 53.4 cm³/mol. The van der Waals surface area contributed by atoms with E-state index in [1.807, 2.05) is 0 Å². The predicted octanol–water partition coefficient (Wildman–Crippen LogP) is 2.56. The van der Waals surface area contributed by atoms with Crippen molar-refractivity contribution in [3.8, 4) is 0 Å². The van der Waals surface area contributed by atoms with E-state index in [2.05, 4.69) is 16.8 Å². The van der Waals surface area contributed by atoms with E-state index in [4.69, 9.17) is 5.73 Å². The molecule has 0 atom stereocenters. The fraction of sp³-hybridized carbons (Fsp3) is 0.600. The fourth-order valence-corrected chi connectivity index (χ4v) is 2.72. The average Bonchev–Trinajstić information content (AvgIpc) is 2.62. The summed E-state index contributed by atoms with van der Waals surface area (Å²) in [6, 6.07) is 2.19. The normalized spacial score (nSPS) is 21.4. The molecule has 0 bridgehead atoms. The van der Waals surface area contributed by atoms with Crippen LogP contribution in [0, 0.1) is 0 Å². The van der Waals surface area contributed by atoms with E-state index >= 15 is 0 Å². The second kappa shape index (κ2) is 3.19. The summed E-state index contributed by atoms with van der Waals surface area (Å²) in [5.74, 6) is 0. The molecule has 0 aliphatic heterocycles. The molecule has 1 aliphatic carbocycles. The van der Waals surface area contributed by atoms with Crippen molar-refractivity contribution in [1.29, 1.82) is 0 Å². The first-order valence-corrected chi connectivity index (χ1v) is 5.53. The Morgan fingerprint density at radius 1 is 1.42 bits per heavy atom. The van der Waals surface area contributed by atoms with E-state index in [-0.39, 0.29) is 5.54 Å². The number of nitrogens with two attached hydrogens (primary N) is 1. The van der Waals surface area contributed by atoms with Gasteiger partial charge in [-0.05, 0) is 41.7 Å². The van der Waals surface area contributed by atoms with Gasteiger partial charge in [-0.25, -0.2) is 0 Å². The van der Waals surface area contributed by atoms with Crippen LogP contribution in [0.15, 0.2) is 16.8 Å². The third-order valence-corrected chi connectivity index (χ3v) is 3.47. The zero-order valence-corrected chi connectivity index (χ0v) is 8.07. The molecule has 66 valence electrons. The van der Waals surface area contributed by atoms with Gasteiger partial charge < -0.3 is 5.73 Å². The second-order valence-corrected chi connectivity index (χ2v) is 4.66. The van der Waals surface area contributed by atoms with Crippen molar-refractivity contribution in [3.63, 3.8) is 0 Å². The van der Waals surface area contributed by atoms with Crippen LogP contribution < -0.4 is 5.73 Å². The average molecular weight is 181 g/mol. The lowest BCUT2D eigenvalue weighted by Crippen LogP contribution is -2.38. The summed E-state index contributed by atoms with van der Waals surface area (Å²) >= 11 is 1.77. The molecule has 2 N–H and O–H groups in total. The molecule has 1 nitrogen and oxygen atoms in total. The maximum Gasteiger partial charge on any atom is 0.0195 e. The first kappa shape index (κ1) is 8.27. The van der Waals surface area contributed by atoms with E-state index < -0.39 is 0 Å². The summed E-state index contributed by atoms with van der Waals surface area (Å²) in [5, 5.41) is 4.35. The molecule has 2 rings (SSSR count). The van der Waals surface area contributed by atoms with Crippen LogP contribution in [0.4, 0.5) is 0 Å². The molecule has 0 aromatic carbocycles. The van der Waals surface area contributed by atoms with E-state index in [1.165, 1.54) is 31.2 Å². The Bertz CT molecular complexity index is 234. The van der Waals surface area contributed by atoms with Crippen molar-refractivity contribution in [1.82, 2.24) is 0 Å². The highest BCUT2D eigenvalue weighted by Gasteiger charge is 2.29. The minimum absolute atomic E-state index is 0.126. The summed E-state index contributed by atoms with van der Waals surface area (Å²) in [4.78, 5) is 0. The van der Waals surface area contributed by atoms with Crippen LogP contribution >= 0.6 is 11.3 Å². The molecular formula is C10H15NS. The molecule has 0 amide bonds. The Morgan fingerprint density at radius 2 is 2.17 bits per heavy atom. The van der Waals surface area contributed by atoms with Crippen LogP contribution in [-0.4, -0.2) is 5.54 Å². The van der Waals surface area contributed by atoms with Crippen LogP contribution in [-0.2, 0) is 6.42 Å². The van der Waals surface area contributed by atoms with Gasteiger partial charge in [0.2, 0.25) is 0 Å². The Labute approximate surface area is 77.6 Å². The maximum absolute atomic E-state index is 6.25. The SMILES string of the molecule is NC1(Cc2ccsc2)CCCC1. The van der Waals surface area contributed by atoms with Crippen LogP contribution in [0.3, 0.4) is 0 Å². The van der Waals surface area contributed by atoms with Crippen molar-refractivity contribution in [2.24, 2.45) is 5.73 Å². The van der Waals surface area contributed by atoms with Crippen LogP contribution in [0.25, 0.3) is 0 Å². The minimum Gasteiger partial charge on any atom is -0.325 e. The Morgan fingerprint density at radius 3 is 2.75 bits per heavy atom. The number of hydrogen-bond acceptors (Lipinski definition) is 2. The topological polar surface area (TPSA) is 26.0 Å². The molecule has 1 fully saturated rings. The minimum atomic E-state index is 0.126. The Balaban J connectivity index is 2.02. The molecule has 0 spiro atoms. The summed E-state index contributed by atoms with van der Waals surface area (Å²) < 4.78 is 0. The molecule has 1 heterocycles. The van der Waals surface area contributed by atoms with E-state index in [0.717, 1.165) is 6.42 Å². The van der Waals surface area contributed by atoms with Crippen molar-refractivity contribution in [2.45, 2.75) is 37.6 Å². The van der Waals surface area contributed by atoms with Crippen molar-refractivity contribution in [2.75, 3.05) is 0 Å². The molecule has 12 heavy (non-hydrogen) atoms. The molecule has 1 aliphatic rings. The lowest BCUT2D eigenvalue weighted by Gasteiger charge is -2.22.